The molecule has 25 heavy (non-hydrogen) atoms. The fraction of sp³-hybridized carbons (Fsp3) is 0.550. The summed E-state index contributed by atoms with van der Waals surface area (Å²) in [7, 11) is 0. The number of hydrogen-bond acceptors (Lipinski definition) is 3. The van der Waals surface area contributed by atoms with Gasteiger partial charge in [0.05, 0.1) is 0 Å². The summed E-state index contributed by atoms with van der Waals surface area (Å²) in [5.41, 5.74) is 1.27. The van der Waals surface area contributed by atoms with E-state index in [0.717, 1.165) is 19.3 Å². The van der Waals surface area contributed by atoms with Gasteiger partial charge < -0.3 is 10.2 Å². The normalized spacial score (nSPS) is 27.0. The molecule has 0 spiro atoms. The first kappa shape index (κ1) is 17.6. The largest absolute Gasteiger partial charge is 0.331 e. The molecule has 2 aliphatic rings. The molecule has 1 aliphatic carbocycles. The van der Waals surface area contributed by atoms with Crippen molar-refractivity contribution in [1.82, 2.24) is 4.90 Å². The molecule has 3 rings (SSSR count). The molecule has 1 aliphatic heterocycles. The van der Waals surface area contributed by atoms with Gasteiger partial charge in [0.2, 0.25) is 0 Å². The van der Waals surface area contributed by atoms with Crippen LogP contribution in [0.5, 0.6) is 0 Å². The Kier molecular flexibility index (Phi) is 4.21. The van der Waals surface area contributed by atoms with E-state index in [9.17, 15) is 14.4 Å². The third kappa shape index (κ3) is 3.60. The van der Waals surface area contributed by atoms with Gasteiger partial charge >= 0.3 is 11.8 Å². The van der Waals surface area contributed by atoms with Gasteiger partial charge in [-0.25, -0.2) is 0 Å². The number of nitrogens with zero attached hydrogens (tertiary/aromatic N) is 1. The number of carbonyl (C=O) groups excluding carboxylic acids is 3. The average molecular weight is 342 g/mol. The Hall–Kier alpha value is -2.17. The molecule has 2 fully saturated rings. The predicted molar refractivity (Wildman–Crippen MR) is 96.3 cm³/mol. The topological polar surface area (TPSA) is 66.5 Å². The highest BCUT2D eigenvalue weighted by Gasteiger charge is 2.51. The summed E-state index contributed by atoms with van der Waals surface area (Å²) in [5.74, 6) is -1.18. The first-order chi connectivity index (χ1) is 11.6. The highest BCUT2D eigenvalue weighted by atomic mass is 16.2. The zero-order valence-electron chi connectivity index (χ0n) is 15.4. The van der Waals surface area contributed by atoms with Gasteiger partial charge in [-0.05, 0) is 49.1 Å². The maximum Gasteiger partial charge on any atom is 0.313 e. The van der Waals surface area contributed by atoms with Gasteiger partial charge in [-0.2, -0.15) is 0 Å². The SMILES string of the molecule is CC(=O)c1cccc(NC(=O)C(=O)N2CC3(C)CC2CC(C)(C)C3)c1. The van der Waals surface area contributed by atoms with E-state index in [-0.39, 0.29) is 22.7 Å². The van der Waals surface area contributed by atoms with E-state index < -0.39 is 11.8 Å². The van der Waals surface area contributed by atoms with Crippen LogP contribution >= 0.6 is 0 Å². The molecule has 0 aromatic heterocycles. The third-order valence-electron chi connectivity index (χ3n) is 5.40. The Balaban J connectivity index is 1.72. The molecule has 5 heteroatoms. The summed E-state index contributed by atoms with van der Waals surface area (Å²) >= 11 is 0. The molecule has 2 amide bonds. The molecule has 134 valence electrons. The molecule has 0 radical (unpaired) electrons. The van der Waals surface area contributed by atoms with Gasteiger partial charge in [0, 0.05) is 23.8 Å². The van der Waals surface area contributed by atoms with E-state index in [1.807, 2.05) is 0 Å². The van der Waals surface area contributed by atoms with Crippen molar-refractivity contribution < 1.29 is 14.4 Å². The van der Waals surface area contributed by atoms with Crippen LogP contribution in [0.1, 0.15) is 57.3 Å². The molecular formula is C20H26N2O3. The van der Waals surface area contributed by atoms with Crippen LogP contribution in [0, 0.1) is 10.8 Å². The molecular weight excluding hydrogens is 316 g/mol. The fourth-order valence-corrected chi connectivity index (χ4v) is 4.83. The summed E-state index contributed by atoms with van der Waals surface area (Å²) in [5, 5.41) is 2.64. The van der Waals surface area contributed by atoms with Crippen LogP contribution in [0.3, 0.4) is 0 Å². The Morgan fingerprint density at radius 2 is 1.88 bits per heavy atom. The van der Waals surface area contributed by atoms with Crippen molar-refractivity contribution in [2.75, 3.05) is 11.9 Å². The van der Waals surface area contributed by atoms with E-state index in [1.54, 1.807) is 29.2 Å². The van der Waals surface area contributed by atoms with Crippen LogP contribution < -0.4 is 5.32 Å². The molecule has 1 N–H and O–H groups in total. The lowest BCUT2D eigenvalue weighted by atomic mass is 9.65. The number of hydrogen-bond donors (Lipinski definition) is 1. The minimum Gasteiger partial charge on any atom is -0.331 e. The van der Waals surface area contributed by atoms with Gasteiger partial charge in [0.25, 0.3) is 0 Å². The standard InChI is InChI=1S/C20H26N2O3/c1-13(23)14-6-5-7-15(8-14)21-17(24)18(25)22-12-20(4)10-16(22)9-19(2,3)11-20/h5-8,16H,9-12H2,1-4H3,(H,21,24). The second kappa shape index (κ2) is 5.97. The van der Waals surface area contributed by atoms with Crippen LogP contribution in [0.4, 0.5) is 5.69 Å². The van der Waals surface area contributed by atoms with Crippen molar-refractivity contribution in [2.24, 2.45) is 10.8 Å². The molecule has 2 bridgehead atoms. The minimum atomic E-state index is -0.630. The van der Waals surface area contributed by atoms with Crippen molar-refractivity contribution in [3.8, 4) is 0 Å². The van der Waals surface area contributed by atoms with Crippen LogP contribution in [-0.4, -0.2) is 35.1 Å². The second-order valence-corrected chi connectivity index (χ2v) is 8.74. The van der Waals surface area contributed by atoms with Crippen LogP contribution in [0.25, 0.3) is 0 Å². The highest BCUT2D eigenvalue weighted by Crippen LogP contribution is 2.52. The fourth-order valence-electron chi connectivity index (χ4n) is 4.83. The number of likely N-dealkylation sites (tertiary alicyclic amines) is 1. The van der Waals surface area contributed by atoms with Gasteiger partial charge in [-0.15, -0.1) is 0 Å². The maximum atomic E-state index is 12.7. The van der Waals surface area contributed by atoms with Crippen LogP contribution in [0.15, 0.2) is 24.3 Å². The predicted octanol–water partition coefficient (Wildman–Crippen LogP) is 3.25. The number of rotatable bonds is 2. The van der Waals surface area contributed by atoms with E-state index in [1.165, 1.54) is 6.92 Å². The first-order valence-corrected chi connectivity index (χ1v) is 8.82. The summed E-state index contributed by atoms with van der Waals surface area (Å²) in [6.45, 7) is 8.79. The number of carbonyl (C=O) groups is 3. The quantitative estimate of drug-likeness (QED) is 0.663. The monoisotopic (exact) mass is 342 g/mol. The van der Waals surface area contributed by atoms with Gasteiger partial charge in [0.1, 0.15) is 0 Å². The lowest BCUT2D eigenvalue weighted by molar-refractivity contribution is -0.144. The van der Waals surface area contributed by atoms with Crippen LogP contribution in [0.2, 0.25) is 0 Å². The van der Waals surface area contributed by atoms with E-state index >= 15 is 0 Å². The molecule has 1 aromatic rings. The minimum absolute atomic E-state index is 0.0778. The molecule has 2 unspecified atom stereocenters. The maximum absolute atomic E-state index is 12.7. The van der Waals surface area contributed by atoms with Crippen LogP contribution in [-0.2, 0) is 9.59 Å². The van der Waals surface area contributed by atoms with Gasteiger partial charge in [-0.1, -0.05) is 32.9 Å². The number of anilines is 1. The number of fused-ring (bicyclic) bond motifs is 2. The van der Waals surface area contributed by atoms with Gasteiger partial charge in [0.15, 0.2) is 5.78 Å². The van der Waals surface area contributed by atoms with Crippen molar-refractivity contribution in [3.05, 3.63) is 29.8 Å². The molecule has 2 atom stereocenters. The molecule has 1 aromatic carbocycles. The number of Topliss-reactive ketones (excluding diaryl/α,β-unsaturated/α-hetero) is 1. The van der Waals surface area contributed by atoms with Crippen molar-refractivity contribution in [1.29, 1.82) is 0 Å². The lowest BCUT2D eigenvalue weighted by Crippen LogP contribution is -2.43. The van der Waals surface area contributed by atoms with Crippen molar-refractivity contribution in [2.45, 2.75) is 53.0 Å². The highest BCUT2D eigenvalue weighted by molar-refractivity contribution is 6.39. The third-order valence-corrected chi connectivity index (χ3v) is 5.40. The number of ketones is 1. The molecule has 1 saturated carbocycles. The summed E-state index contributed by atoms with van der Waals surface area (Å²) in [4.78, 5) is 38.4. The van der Waals surface area contributed by atoms with Gasteiger partial charge in [-0.3, -0.25) is 14.4 Å². The second-order valence-electron chi connectivity index (χ2n) is 8.74. The Labute approximate surface area is 148 Å². The molecule has 1 saturated heterocycles. The molecule has 5 nitrogen and oxygen atoms in total. The molecule has 1 heterocycles. The zero-order valence-corrected chi connectivity index (χ0v) is 15.4. The smallest absolute Gasteiger partial charge is 0.313 e. The Bertz CT molecular complexity index is 740. The van der Waals surface area contributed by atoms with Crippen molar-refractivity contribution >= 4 is 23.3 Å². The van der Waals surface area contributed by atoms with E-state index in [4.69, 9.17) is 0 Å². The Morgan fingerprint density at radius 1 is 1.16 bits per heavy atom. The summed E-state index contributed by atoms with van der Waals surface area (Å²) in [6, 6.07) is 6.80. The number of nitrogens with one attached hydrogen (secondary N) is 1. The van der Waals surface area contributed by atoms with E-state index in [2.05, 4.69) is 26.1 Å². The first-order valence-electron chi connectivity index (χ1n) is 8.82. The summed E-state index contributed by atoms with van der Waals surface area (Å²) in [6.07, 6.45) is 2.97. The van der Waals surface area contributed by atoms with E-state index in [0.29, 0.717) is 17.8 Å². The number of benzene rings is 1. The number of amides is 2. The average Bonchev–Trinajstić information content (AvgIpc) is 2.75. The lowest BCUT2D eigenvalue weighted by Gasteiger charge is -2.39. The summed E-state index contributed by atoms with van der Waals surface area (Å²) < 4.78 is 0. The zero-order chi connectivity index (χ0) is 18.4. The Morgan fingerprint density at radius 3 is 2.56 bits per heavy atom. The van der Waals surface area contributed by atoms with Crippen molar-refractivity contribution in [3.63, 3.8) is 0 Å².